The van der Waals surface area contributed by atoms with Gasteiger partial charge in [-0.25, -0.2) is 4.79 Å². The van der Waals surface area contributed by atoms with E-state index in [0.717, 1.165) is 25.9 Å². The molecule has 154 valence electrons. The summed E-state index contributed by atoms with van der Waals surface area (Å²) in [6.45, 7) is 5.11. The van der Waals surface area contributed by atoms with Crippen LogP contribution >= 0.6 is 12.4 Å². The molecule has 2 aromatic rings. The van der Waals surface area contributed by atoms with Crippen LogP contribution in [0.3, 0.4) is 0 Å². The Bertz CT molecular complexity index is 901. The lowest BCUT2D eigenvalue weighted by Gasteiger charge is -2.34. The van der Waals surface area contributed by atoms with Crippen LogP contribution in [0.2, 0.25) is 0 Å². The summed E-state index contributed by atoms with van der Waals surface area (Å²) in [5.41, 5.74) is 0.674. The molecule has 1 fully saturated rings. The number of halogens is 1. The fourth-order valence-electron chi connectivity index (χ4n) is 3.39. The normalized spacial score (nSPS) is 15.8. The number of nitro groups is 1. The molecule has 10 heteroatoms. The summed E-state index contributed by atoms with van der Waals surface area (Å²) < 4.78 is 6.49. The zero-order chi connectivity index (χ0) is 19.4. The van der Waals surface area contributed by atoms with Gasteiger partial charge in [0.05, 0.1) is 16.5 Å². The summed E-state index contributed by atoms with van der Waals surface area (Å²) in [4.78, 5) is 34.4. The van der Waals surface area contributed by atoms with Crippen LogP contribution in [0.15, 0.2) is 27.4 Å². The number of carbonyl (C=O) groups excluding carboxylic acids is 1. The second-order valence-corrected chi connectivity index (χ2v) is 7.37. The predicted octanol–water partition coefficient (Wildman–Crippen LogP) is 2.21. The van der Waals surface area contributed by atoms with Crippen molar-refractivity contribution >= 4 is 35.1 Å². The molecule has 28 heavy (non-hydrogen) atoms. The molecule has 9 nitrogen and oxygen atoms in total. The van der Waals surface area contributed by atoms with Gasteiger partial charge < -0.3 is 15.1 Å². The first-order valence-electron chi connectivity index (χ1n) is 9.13. The van der Waals surface area contributed by atoms with Crippen LogP contribution in [0, 0.1) is 15.5 Å². The van der Waals surface area contributed by atoms with E-state index in [0.29, 0.717) is 31.4 Å². The summed E-state index contributed by atoms with van der Waals surface area (Å²) >= 11 is 0. The molecule has 1 saturated heterocycles. The highest BCUT2D eigenvalue weighted by molar-refractivity contribution is 5.85. The number of fused-ring (bicyclic) bond motifs is 1. The summed E-state index contributed by atoms with van der Waals surface area (Å²) in [7, 11) is 0. The second kappa shape index (κ2) is 9.20. The number of oxazole rings is 1. The van der Waals surface area contributed by atoms with Gasteiger partial charge in [0.2, 0.25) is 5.91 Å². The number of piperidine rings is 1. The van der Waals surface area contributed by atoms with Crippen molar-refractivity contribution in [2.75, 3.05) is 19.6 Å². The second-order valence-electron chi connectivity index (χ2n) is 7.37. The fraction of sp³-hybridized carbons (Fsp3) is 0.556. The Morgan fingerprint density at radius 1 is 1.39 bits per heavy atom. The molecule has 1 amide bonds. The number of hydrogen-bond donors (Lipinski definition) is 2. The third-order valence-corrected chi connectivity index (χ3v) is 5.17. The van der Waals surface area contributed by atoms with Gasteiger partial charge in [0.1, 0.15) is 0 Å². The first-order chi connectivity index (χ1) is 12.9. The lowest BCUT2D eigenvalue weighted by Crippen LogP contribution is -2.42. The van der Waals surface area contributed by atoms with Crippen LogP contribution in [-0.2, 0) is 11.3 Å². The molecular weight excluding hydrogens is 388 g/mol. The minimum atomic E-state index is -0.576. The Balaban J connectivity index is 0.00000280. The van der Waals surface area contributed by atoms with Crippen LogP contribution in [0.1, 0.15) is 32.6 Å². The van der Waals surface area contributed by atoms with Gasteiger partial charge in [0.15, 0.2) is 5.58 Å². The van der Waals surface area contributed by atoms with Crippen molar-refractivity contribution in [2.24, 2.45) is 5.41 Å². The molecule has 0 aliphatic carbocycles. The zero-order valence-electron chi connectivity index (χ0n) is 15.7. The predicted molar refractivity (Wildman–Crippen MR) is 107 cm³/mol. The summed E-state index contributed by atoms with van der Waals surface area (Å²) in [6, 6.07) is 4.07. The van der Waals surface area contributed by atoms with E-state index < -0.39 is 10.7 Å². The van der Waals surface area contributed by atoms with Crippen molar-refractivity contribution in [3.05, 3.63) is 38.9 Å². The first kappa shape index (κ1) is 21.9. The average Bonchev–Trinajstić information content (AvgIpc) is 2.95. The zero-order valence-corrected chi connectivity index (χ0v) is 16.5. The third-order valence-electron chi connectivity index (χ3n) is 5.17. The molecule has 2 heterocycles. The number of nitro benzene ring substituents is 1. The monoisotopic (exact) mass is 412 g/mol. The number of non-ortho nitro benzene ring substituents is 1. The van der Waals surface area contributed by atoms with E-state index in [-0.39, 0.29) is 35.0 Å². The van der Waals surface area contributed by atoms with Gasteiger partial charge in [-0.2, -0.15) is 0 Å². The smallest absolute Gasteiger partial charge is 0.407 e. The van der Waals surface area contributed by atoms with E-state index in [2.05, 4.69) is 17.6 Å². The Kier molecular flexibility index (Phi) is 7.20. The lowest BCUT2D eigenvalue weighted by molar-refractivity contribution is -0.384. The van der Waals surface area contributed by atoms with Crippen LogP contribution < -0.4 is 16.4 Å². The van der Waals surface area contributed by atoms with Crippen molar-refractivity contribution < 1.29 is 14.1 Å². The Morgan fingerprint density at radius 3 is 2.79 bits per heavy atom. The molecule has 0 spiro atoms. The van der Waals surface area contributed by atoms with E-state index in [1.807, 2.05) is 0 Å². The Labute approximate surface area is 168 Å². The van der Waals surface area contributed by atoms with Gasteiger partial charge in [-0.05, 0) is 43.8 Å². The third kappa shape index (κ3) is 5.11. The maximum absolute atomic E-state index is 12.1. The summed E-state index contributed by atoms with van der Waals surface area (Å²) in [6.07, 6.45) is 2.86. The number of aryl methyl sites for hydroxylation is 1. The van der Waals surface area contributed by atoms with Gasteiger partial charge in [0.25, 0.3) is 5.69 Å². The SMILES string of the molecule is CC1(CNC(=O)CCCn2c(=O)oc3cc([N+](=O)[O-])ccc32)CCNCC1.Cl. The highest BCUT2D eigenvalue weighted by atomic mass is 35.5. The largest absolute Gasteiger partial charge is 0.419 e. The molecule has 0 atom stereocenters. The molecule has 0 saturated carbocycles. The summed E-state index contributed by atoms with van der Waals surface area (Å²) in [5, 5.41) is 17.1. The molecule has 1 aliphatic heterocycles. The highest BCUT2D eigenvalue weighted by Gasteiger charge is 2.26. The van der Waals surface area contributed by atoms with E-state index in [1.54, 1.807) is 0 Å². The van der Waals surface area contributed by atoms with Crippen LogP contribution in [0.5, 0.6) is 0 Å². The van der Waals surface area contributed by atoms with E-state index in [1.165, 1.54) is 22.8 Å². The molecule has 0 radical (unpaired) electrons. The number of amides is 1. The number of nitrogens with zero attached hydrogens (tertiary/aromatic N) is 2. The number of benzene rings is 1. The van der Waals surface area contributed by atoms with Crippen molar-refractivity contribution in [1.29, 1.82) is 0 Å². The van der Waals surface area contributed by atoms with E-state index in [9.17, 15) is 19.7 Å². The van der Waals surface area contributed by atoms with E-state index >= 15 is 0 Å². The minimum Gasteiger partial charge on any atom is -0.407 e. The molecular formula is C18H25ClN4O5. The number of hydrogen-bond acceptors (Lipinski definition) is 6. The average molecular weight is 413 g/mol. The lowest BCUT2D eigenvalue weighted by atomic mass is 9.81. The van der Waals surface area contributed by atoms with Gasteiger partial charge >= 0.3 is 5.76 Å². The maximum Gasteiger partial charge on any atom is 0.419 e. The van der Waals surface area contributed by atoms with Crippen molar-refractivity contribution in [1.82, 2.24) is 15.2 Å². The van der Waals surface area contributed by atoms with Gasteiger partial charge in [-0.15, -0.1) is 12.4 Å². The first-order valence-corrected chi connectivity index (χ1v) is 9.13. The van der Waals surface area contributed by atoms with Crippen molar-refractivity contribution in [2.45, 2.75) is 39.2 Å². The molecule has 1 aliphatic rings. The van der Waals surface area contributed by atoms with Gasteiger partial charge in [0, 0.05) is 25.6 Å². The number of aromatic nitrogens is 1. The minimum absolute atomic E-state index is 0. The number of rotatable bonds is 7. The molecule has 1 aromatic carbocycles. The van der Waals surface area contributed by atoms with Crippen LogP contribution in [0.4, 0.5) is 5.69 Å². The Morgan fingerprint density at radius 2 is 2.11 bits per heavy atom. The van der Waals surface area contributed by atoms with Crippen LogP contribution in [0.25, 0.3) is 11.1 Å². The number of nitrogens with one attached hydrogen (secondary N) is 2. The van der Waals surface area contributed by atoms with Gasteiger partial charge in [-0.1, -0.05) is 6.92 Å². The summed E-state index contributed by atoms with van der Waals surface area (Å²) in [5.74, 6) is -0.612. The van der Waals surface area contributed by atoms with E-state index in [4.69, 9.17) is 4.42 Å². The van der Waals surface area contributed by atoms with Gasteiger partial charge in [-0.3, -0.25) is 19.5 Å². The maximum atomic E-state index is 12.1. The number of carbonyl (C=O) groups is 1. The molecule has 1 aromatic heterocycles. The van der Waals surface area contributed by atoms with Crippen molar-refractivity contribution in [3.63, 3.8) is 0 Å². The van der Waals surface area contributed by atoms with Crippen molar-refractivity contribution in [3.8, 4) is 0 Å². The quantitative estimate of drug-likeness (QED) is 0.531. The highest BCUT2D eigenvalue weighted by Crippen LogP contribution is 2.26. The molecule has 3 rings (SSSR count). The standard InChI is InChI=1S/C18H24N4O5.ClH/c1-18(6-8-19-9-7-18)12-20-16(23)3-2-10-21-14-5-4-13(22(25)26)11-15(14)27-17(21)24;/h4-5,11,19H,2-3,6-10,12H2,1H3,(H,20,23);1H. The Hall–Kier alpha value is -2.39. The molecule has 0 bridgehead atoms. The fourth-order valence-corrected chi connectivity index (χ4v) is 3.39. The topological polar surface area (TPSA) is 119 Å². The molecule has 0 unspecified atom stereocenters. The molecule has 2 N–H and O–H groups in total. The van der Waals surface area contributed by atoms with Crippen LogP contribution in [-0.4, -0.2) is 35.0 Å².